The van der Waals surface area contributed by atoms with Crippen LogP contribution in [0, 0.1) is 11.8 Å². The molecular weight excluding hydrogens is 242 g/mol. The summed E-state index contributed by atoms with van der Waals surface area (Å²) in [6.07, 6.45) is -0.0492. The van der Waals surface area contributed by atoms with Crippen LogP contribution in [-0.2, 0) is 9.47 Å². The van der Waals surface area contributed by atoms with Crippen LogP contribution in [0.1, 0.15) is 27.7 Å². The Morgan fingerprint density at radius 1 is 1.29 bits per heavy atom. The third kappa shape index (κ3) is 3.72. The van der Waals surface area contributed by atoms with Gasteiger partial charge in [0, 0.05) is 11.8 Å². The molecule has 6 heteroatoms. The molecule has 0 spiro atoms. The molecule has 0 aromatic carbocycles. The van der Waals surface area contributed by atoms with Gasteiger partial charge in [0.25, 0.3) is 0 Å². The van der Waals surface area contributed by atoms with Gasteiger partial charge in [0.2, 0.25) is 0 Å². The van der Waals surface area contributed by atoms with Crippen molar-refractivity contribution in [2.24, 2.45) is 28.3 Å². The van der Waals surface area contributed by atoms with Crippen LogP contribution >= 0.6 is 12.4 Å². The summed E-state index contributed by atoms with van der Waals surface area (Å²) < 4.78 is 11.8. The molecule has 1 atom stereocenters. The predicted octanol–water partition coefficient (Wildman–Crippen LogP) is 1.11. The first-order valence-corrected chi connectivity index (χ1v) is 5.75. The summed E-state index contributed by atoms with van der Waals surface area (Å²) in [5.41, 5.74) is 10.6. The first-order chi connectivity index (χ1) is 7.38. The van der Waals surface area contributed by atoms with Crippen molar-refractivity contribution in [2.45, 2.75) is 39.6 Å². The Kier molecular flexibility index (Phi) is 6.23. The van der Waals surface area contributed by atoms with Gasteiger partial charge in [-0.1, -0.05) is 27.7 Å². The fourth-order valence-electron chi connectivity index (χ4n) is 2.12. The van der Waals surface area contributed by atoms with Gasteiger partial charge in [-0.25, -0.2) is 0 Å². The van der Waals surface area contributed by atoms with Gasteiger partial charge < -0.3 is 20.9 Å². The first-order valence-electron chi connectivity index (χ1n) is 5.75. The van der Waals surface area contributed by atoms with E-state index >= 15 is 0 Å². The van der Waals surface area contributed by atoms with Gasteiger partial charge >= 0.3 is 0 Å². The monoisotopic (exact) mass is 265 g/mol. The van der Waals surface area contributed by atoms with E-state index in [0.29, 0.717) is 25.0 Å². The highest BCUT2D eigenvalue weighted by atomic mass is 35.5. The van der Waals surface area contributed by atoms with Crippen LogP contribution in [0.25, 0.3) is 0 Å². The van der Waals surface area contributed by atoms with E-state index in [-0.39, 0.29) is 24.5 Å². The summed E-state index contributed by atoms with van der Waals surface area (Å²) in [4.78, 5) is 3.96. The third-order valence-corrected chi connectivity index (χ3v) is 2.93. The van der Waals surface area contributed by atoms with Crippen molar-refractivity contribution >= 4 is 18.4 Å². The summed E-state index contributed by atoms with van der Waals surface area (Å²) in [7, 11) is 0. The summed E-state index contributed by atoms with van der Waals surface area (Å²) >= 11 is 0. The van der Waals surface area contributed by atoms with Crippen LogP contribution in [0.15, 0.2) is 4.99 Å². The summed E-state index contributed by atoms with van der Waals surface area (Å²) in [5.74, 6) is 0.201. The van der Waals surface area contributed by atoms with E-state index < -0.39 is 5.79 Å². The zero-order chi connectivity index (χ0) is 12.3. The molecule has 1 aliphatic rings. The highest BCUT2D eigenvalue weighted by Gasteiger charge is 2.46. The maximum absolute atomic E-state index is 5.98. The second-order valence-electron chi connectivity index (χ2n) is 4.85. The molecular formula is C11H24ClN3O2. The highest BCUT2D eigenvalue weighted by molar-refractivity contribution is 5.85. The van der Waals surface area contributed by atoms with Gasteiger partial charge in [0.15, 0.2) is 11.7 Å². The molecule has 0 saturated carbocycles. The van der Waals surface area contributed by atoms with E-state index in [0.717, 1.165) is 0 Å². The minimum absolute atomic E-state index is 0. The molecule has 0 radical (unpaired) electrons. The Bertz CT molecular complexity index is 257. The van der Waals surface area contributed by atoms with Gasteiger partial charge in [0.1, 0.15) is 6.10 Å². The standard InChI is InChI=1S/C11H23N3O2.ClH/c1-7(2)11(8(3)4)15-6-9(16-11)5-14-10(12)13;/h7-9H,5-6H2,1-4H3,(H4,12,13,14);1H. The van der Waals surface area contributed by atoms with Crippen LogP contribution in [0.4, 0.5) is 0 Å². The second-order valence-corrected chi connectivity index (χ2v) is 4.85. The molecule has 0 aliphatic carbocycles. The van der Waals surface area contributed by atoms with E-state index in [1.165, 1.54) is 0 Å². The number of nitrogens with two attached hydrogens (primary N) is 2. The van der Waals surface area contributed by atoms with Gasteiger partial charge in [0.05, 0.1) is 13.2 Å². The molecule has 0 bridgehead atoms. The van der Waals surface area contributed by atoms with Crippen molar-refractivity contribution in [3.8, 4) is 0 Å². The average molecular weight is 266 g/mol. The van der Waals surface area contributed by atoms with Gasteiger partial charge in [-0.05, 0) is 0 Å². The number of hydrogen-bond acceptors (Lipinski definition) is 3. The molecule has 1 heterocycles. The fourth-order valence-corrected chi connectivity index (χ4v) is 2.12. The Hall–Kier alpha value is -0.520. The van der Waals surface area contributed by atoms with Crippen molar-refractivity contribution in [3.05, 3.63) is 0 Å². The highest BCUT2D eigenvalue weighted by Crippen LogP contribution is 2.37. The largest absolute Gasteiger partial charge is 0.370 e. The molecule has 1 rings (SSSR count). The molecule has 1 aliphatic heterocycles. The number of rotatable bonds is 4. The van der Waals surface area contributed by atoms with Crippen molar-refractivity contribution in [3.63, 3.8) is 0 Å². The van der Waals surface area contributed by atoms with Crippen LogP contribution in [0.5, 0.6) is 0 Å². The first kappa shape index (κ1) is 16.5. The fraction of sp³-hybridized carbons (Fsp3) is 0.909. The van der Waals surface area contributed by atoms with E-state index in [2.05, 4.69) is 32.7 Å². The normalized spacial score (nSPS) is 22.6. The topological polar surface area (TPSA) is 82.9 Å². The van der Waals surface area contributed by atoms with Crippen LogP contribution in [-0.4, -0.2) is 31.0 Å². The van der Waals surface area contributed by atoms with Crippen molar-refractivity contribution in [1.29, 1.82) is 0 Å². The van der Waals surface area contributed by atoms with E-state index in [9.17, 15) is 0 Å². The van der Waals surface area contributed by atoms with Crippen molar-refractivity contribution in [1.82, 2.24) is 0 Å². The molecule has 1 unspecified atom stereocenters. The Morgan fingerprint density at radius 3 is 2.18 bits per heavy atom. The number of guanidine groups is 1. The van der Waals surface area contributed by atoms with Gasteiger partial charge in [-0.2, -0.15) is 0 Å². The number of hydrogen-bond donors (Lipinski definition) is 2. The minimum Gasteiger partial charge on any atom is -0.370 e. The lowest BCUT2D eigenvalue weighted by Gasteiger charge is -2.35. The molecule has 5 nitrogen and oxygen atoms in total. The molecule has 0 aromatic heterocycles. The lowest BCUT2D eigenvalue weighted by atomic mass is 9.91. The van der Waals surface area contributed by atoms with Crippen molar-refractivity contribution in [2.75, 3.05) is 13.2 Å². The SMILES string of the molecule is CC(C)C1(C(C)C)OCC(CN=C(N)N)O1.Cl. The second kappa shape index (κ2) is 6.42. The summed E-state index contributed by atoms with van der Waals surface area (Å²) in [6.45, 7) is 9.41. The number of halogens is 1. The maximum Gasteiger partial charge on any atom is 0.186 e. The quantitative estimate of drug-likeness (QED) is 0.589. The molecule has 1 saturated heterocycles. The molecule has 102 valence electrons. The molecule has 1 fully saturated rings. The zero-order valence-electron chi connectivity index (χ0n) is 11.0. The Morgan fingerprint density at radius 2 is 1.82 bits per heavy atom. The van der Waals surface area contributed by atoms with Crippen LogP contribution in [0.2, 0.25) is 0 Å². The Balaban J connectivity index is 0.00000256. The smallest absolute Gasteiger partial charge is 0.186 e. The summed E-state index contributed by atoms with van der Waals surface area (Å²) in [6, 6.07) is 0. The van der Waals surface area contributed by atoms with Crippen LogP contribution < -0.4 is 11.5 Å². The van der Waals surface area contributed by atoms with E-state index in [1.807, 2.05) is 0 Å². The molecule has 0 amide bonds. The van der Waals surface area contributed by atoms with Gasteiger partial charge in [-0.15, -0.1) is 12.4 Å². The van der Waals surface area contributed by atoms with E-state index in [4.69, 9.17) is 20.9 Å². The average Bonchev–Trinajstić information content (AvgIpc) is 2.59. The summed E-state index contributed by atoms with van der Waals surface area (Å²) in [5, 5.41) is 0. The number of aliphatic imine (C=N–C) groups is 1. The molecule has 0 aromatic rings. The lowest BCUT2D eigenvalue weighted by Crippen LogP contribution is -2.42. The minimum atomic E-state index is -0.496. The maximum atomic E-state index is 5.98. The molecule has 4 N–H and O–H groups in total. The van der Waals surface area contributed by atoms with Crippen LogP contribution in [0.3, 0.4) is 0 Å². The Labute approximate surface area is 109 Å². The number of nitrogens with zero attached hydrogens (tertiary/aromatic N) is 1. The van der Waals surface area contributed by atoms with Gasteiger partial charge in [-0.3, -0.25) is 4.99 Å². The van der Waals surface area contributed by atoms with Crippen molar-refractivity contribution < 1.29 is 9.47 Å². The third-order valence-electron chi connectivity index (χ3n) is 2.93. The predicted molar refractivity (Wildman–Crippen MR) is 71.2 cm³/mol. The zero-order valence-corrected chi connectivity index (χ0v) is 11.8. The number of ether oxygens (including phenoxy) is 2. The lowest BCUT2D eigenvalue weighted by molar-refractivity contribution is -0.224. The van der Waals surface area contributed by atoms with E-state index in [1.54, 1.807) is 0 Å². The molecule has 17 heavy (non-hydrogen) atoms.